The monoisotopic (exact) mass is 475 g/mol. The molecule has 3 heterocycles. The number of carbonyl (C=O) groups excluding carboxylic acids is 1. The van der Waals surface area contributed by atoms with Crippen molar-refractivity contribution < 1.29 is 22.7 Å². The zero-order valence-electron chi connectivity index (χ0n) is 18.5. The molecule has 1 N–H and O–H groups in total. The van der Waals surface area contributed by atoms with Crippen LogP contribution in [0.5, 0.6) is 5.75 Å². The van der Waals surface area contributed by atoms with Crippen molar-refractivity contribution >= 4 is 11.9 Å². The number of ether oxygens (including phenoxy) is 1. The standard InChI is InChI=1S/C22H24F3N7O2/c1-34-18-15-32(17-5-2-4-16(14-17)22(23,24)25)29-19(18)20(33)26-8-9-30-10-12-31(13-11-30)21-27-6-3-7-28-21/h2-7,14-15H,8-13H2,1H3,(H,26,33). The van der Waals surface area contributed by atoms with Crippen molar-refractivity contribution in [3.63, 3.8) is 0 Å². The van der Waals surface area contributed by atoms with E-state index in [9.17, 15) is 18.0 Å². The number of benzene rings is 1. The minimum absolute atomic E-state index is 0.00552. The predicted molar refractivity (Wildman–Crippen MR) is 118 cm³/mol. The first-order valence-electron chi connectivity index (χ1n) is 10.7. The van der Waals surface area contributed by atoms with Crippen molar-refractivity contribution in [2.24, 2.45) is 0 Å². The molecule has 1 aliphatic heterocycles. The number of amides is 1. The minimum Gasteiger partial charge on any atom is -0.493 e. The van der Waals surface area contributed by atoms with Gasteiger partial charge in [0.05, 0.1) is 24.6 Å². The molecule has 2 aromatic heterocycles. The van der Waals surface area contributed by atoms with Crippen molar-refractivity contribution in [1.29, 1.82) is 0 Å². The molecule has 1 aromatic carbocycles. The van der Waals surface area contributed by atoms with Crippen LogP contribution >= 0.6 is 0 Å². The van der Waals surface area contributed by atoms with E-state index in [1.54, 1.807) is 18.5 Å². The molecule has 1 aliphatic rings. The number of hydrogen-bond donors (Lipinski definition) is 1. The van der Waals surface area contributed by atoms with Crippen LogP contribution in [0.25, 0.3) is 5.69 Å². The van der Waals surface area contributed by atoms with E-state index in [2.05, 4.69) is 30.2 Å². The second-order valence-electron chi connectivity index (χ2n) is 7.67. The maximum atomic E-state index is 13.0. The number of piperazine rings is 1. The van der Waals surface area contributed by atoms with Crippen LogP contribution in [0.3, 0.4) is 0 Å². The Hall–Kier alpha value is -3.67. The SMILES string of the molecule is COc1cn(-c2cccc(C(F)(F)F)c2)nc1C(=O)NCCN1CCN(c2ncccn2)CC1. The second kappa shape index (κ2) is 10.1. The van der Waals surface area contributed by atoms with E-state index in [0.29, 0.717) is 19.0 Å². The molecule has 1 saturated heterocycles. The van der Waals surface area contributed by atoms with Gasteiger partial charge in [-0.25, -0.2) is 14.6 Å². The molecule has 0 aliphatic carbocycles. The number of nitrogens with one attached hydrogen (secondary N) is 1. The summed E-state index contributed by atoms with van der Waals surface area (Å²) in [5.41, 5.74) is -0.622. The van der Waals surface area contributed by atoms with E-state index in [1.807, 2.05) is 0 Å². The van der Waals surface area contributed by atoms with Crippen LogP contribution in [0.4, 0.5) is 19.1 Å². The first kappa shape index (κ1) is 23.5. The molecule has 0 bridgehead atoms. The molecule has 0 spiro atoms. The highest BCUT2D eigenvalue weighted by atomic mass is 19.4. The average Bonchev–Trinajstić information content (AvgIpc) is 3.29. The zero-order valence-corrected chi connectivity index (χ0v) is 18.5. The quantitative estimate of drug-likeness (QED) is 0.561. The molecule has 1 fully saturated rings. The van der Waals surface area contributed by atoms with E-state index in [1.165, 1.54) is 30.1 Å². The van der Waals surface area contributed by atoms with Gasteiger partial charge >= 0.3 is 6.18 Å². The third kappa shape index (κ3) is 5.45. The van der Waals surface area contributed by atoms with Crippen molar-refractivity contribution in [1.82, 2.24) is 30.0 Å². The Bertz CT molecular complexity index is 1110. The number of nitrogens with zero attached hydrogens (tertiary/aromatic N) is 6. The maximum Gasteiger partial charge on any atom is 0.416 e. The summed E-state index contributed by atoms with van der Waals surface area (Å²) in [7, 11) is 1.38. The van der Waals surface area contributed by atoms with Crippen LogP contribution in [0, 0.1) is 0 Å². The number of alkyl halides is 3. The van der Waals surface area contributed by atoms with Gasteiger partial charge < -0.3 is 15.0 Å². The Morgan fingerprint density at radius 1 is 1.12 bits per heavy atom. The molecule has 12 heteroatoms. The lowest BCUT2D eigenvalue weighted by Gasteiger charge is -2.34. The normalized spacial score (nSPS) is 14.8. The molecule has 3 aromatic rings. The third-order valence-corrected chi connectivity index (χ3v) is 5.47. The summed E-state index contributed by atoms with van der Waals surface area (Å²) in [6, 6.07) is 6.48. The van der Waals surface area contributed by atoms with Crippen molar-refractivity contribution in [3.05, 3.63) is 60.2 Å². The summed E-state index contributed by atoms with van der Waals surface area (Å²) < 4.78 is 45.5. The topological polar surface area (TPSA) is 88.4 Å². The Labute approximate surface area is 194 Å². The molecular weight excluding hydrogens is 451 g/mol. The fourth-order valence-corrected chi connectivity index (χ4v) is 3.66. The van der Waals surface area contributed by atoms with E-state index < -0.39 is 17.6 Å². The number of carbonyl (C=O) groups is 1. The highest BCUT2D eigenvalue weighted by molar-refractivity contribution is 5.94. The molecule has 9 nitrogen and oxygen atoms in total. The summed E-state index contributed by atoms with van der Waals surface area (Å²) in [6.07, 6.45) is 0.335. The number of hydrogen-bond acceptors (Lipinski definition) is 7. The van der Waals surface area contributed by atoms with Crippen LogP contribution in [0.2, 0.25) is 0 Å². The molecule has 0 radical (unpaired) electrons. The summed E-state index contributed by atoms with van der Waals surface area (Å²) in [5.74, 6) is 0.421. The highest BCUT2D eigenvalue weighted by Gasteiger charge is 2.31. The lowest BCUT2D eigenvalue weighted by atomic mass is 10.2. The number of rotatable bonds is 7. The summed E-state index contributed by atoms with van der Waals surface area (Å²) >= 11 is 0. The number of anilines is 1. The van der Waals surface area contributed by atoms with Gasteiger partial charge in [0.15, 0.2) is 11.4 Å². The number of aromatic nitrogens is 4. The molecule has 0 saturated carbocycles. The van der Waals surface area contributed by atoms with E-state index in [-0.39, 0.29) is 17.1 Å². The first-order valence-corrected chi connectivity index (χ1v) is 10.7. The molecule has 0 unspecified atom stereocenters. The molecule has 1 amide bonds. The molecule has 4 rings (SSSR count). The summed E-state index contributed by atoms with van der Waals surface area (Å²) in [5, 5.41) is 6.97. The van der Waals surface area contributed by atoms with E-state index in [4.69, 9.17) is 4.74 Å². The van der Waals surface area contributed by atoms with Crippen molar-refractivity contribution in [2.75, 3.05) is 51.3 Å². The zero-order chi connectivity index (χ0) is 24.1. The predicted octanol–water partition coefficient (Wildman–Crippen LogP) is 2.24. The Kier molecular flexibility index (Phi) is 6.96. The van der Waals surface area contributed by atoms with Crippen LogP contribution in [0.1, 0.15) is 16.1 Å². The van der Waals surface area contributed by atoms with Crippen LogP contribution in [0.15, 0.2) is 48.9 Å². The minimum atomic E-state index is -4.48. The van der Waals surface area contributed by atoms with Gasteiger partial charge in [0.2, 0.25) is 5.95 Å². The lowest BCUT2D eigenvalue weighted by molar-refractivity contribution is -0.137. The highest BCUT2D eigenvalue weighted by Crippen LogP contribution is 2.30. The van der Waals surface area contributed by atoms with E-state index >= 15 is 0 Å². The van der Waals surface area contributed by atoms with Crippen LogP contribution in [-0.4, -0.2) is 76.9 Å². The lowest BCUT2D eigenvalue weighted by Crippen LogP contribution is -2.49. The van der Waals surface area contributed by atoms with Crippen molar-refractivity contribution in [2.45, 2.75) is 6.18 Å². The third-order valence-electron chi connectivity index (χ3n) is 5.47. The Morgan fingerprint density at radius 2 is 1.85 bits per heavy atom. The molecule has 34 heavy (non-hydrogen) atoms. The van der Waals surface area contributed by atoms with Gasteiger partial charge in [-0.1, -0.05) is 6.07 Å². The Morgan fingerprint density at radius 3 is 2.53 bits per heavy atom. The second-order valence-corrected chi connectivity index (χ2v) is 7.67. The van der Waals surface area contributed by atoms with E-state index in [0.717, 1.165) is 38.3 Å². The van der Waals surface area contributed by atoms with Gasteiger partial charge in [0.1, 0.15) is 0 Å². The van der Waals surface area contributed by atoms with Gasteiger partial charge in [-0.15, -0.1) is 0 Å². The maximum absolute atomic E-state index is 13.0. The molecule has 180 valence electrons. The van der Waals surface area contributed by atoms with Crippen LogP contribution in [-0.2, 0) is 6.18 Å². The van der Waals surface area contributed by atoms with Crippen molar-refractivity contribution in [3.8, 4) is 11.4 Å². The molecule has 0 atom stereocenters. The van der Waals surface area contributed by atoms with Gasteiger partial charge in [-0.3, -0.25) is 9.69 Å². The summed E-state index contributed by atoms with van der Waals surface area (Å²) in [4.78, 5) is 25.5. The first-order chi connectivity index (χ1) is 16.3. The average molecular weight is 475 g/mol. The molecular formula is C22H24F3N7O2. The summed E-state index contributed by atoms with van der Waals surface area (Å²) in [6.45, 7) is 4.22. The number of halogens is 3. The Balaban J connectivity index is 1.33. The van der Waals surface area contributed by atoms with Gasteiger partial charge in [-0.05, 0) is 24.3 Å². The van der Waals surface area contributed by atoms with Gasteiger partial charge in [0, 0.05) is 51.7 Å². The number of methoxy groups -OCH3 is 1. The van der Waals surface area contributed by atoms with Gasteiger partial charge in [0.25, 0.3) is 5.91 Å². The fourth-order valence-electron chi connectivity index (χ4n) is 3.66. The largest absolute Gasteiger partial charge is 0.493 e. The van der Waals surface area contributed by atoms with Crippen LogP contribution < -0.4 is 15.0 Å². The smallest absolute Gasteiger partial charge is 0.416 e. The van der Waals surface area contributed by atoms with Gasteiger partial charge in [-0.2, -0.15) is 18.3 Å². The fraction of sp³-hybridized carbons (Fsp3) is 0.364.